The van der Waals surface area contributed by atoms with E-state index in [9.17, 15) is 9.18 Å². The van der Waals surface area contributed by atoms with E-state index >= 15 is 0 Å². The van der Waals surface area contributed by atoms with Crippen molar-refractivity contribution in [2.45, 2.75) is 19.4 Å². The van der Waals surface area contributed by atoms with Gasteiger partial charge in [0.25, 0.3) is 5.91 Å². The van der Waals surface area contributed by atoms with Crippen molar-refractivity contribution in [1.29, 1.82) is 0 Å². The molecule has 0 aliphatic carbocycles. The van der Waals surface area contributed by atoms with E-state index in [0.717, 1.165) is 12.0 Å². The zero-order valence-electron chi connectivity index (χ0n) is 12.4. The summed E-state index contributed by atoms with van der Waals surface area (Å²) in [7, 11) is 0. The van der Waals surface area contributed by atoms with Crippen LogP contribution in [0.3, 0.4) is 0 Å². The van der Waals surface area contributed by atoms with Gasteiger partial charge in [0.05, 0.1) is 12.7 Å². The molecule has 0 radical (unpaired) electrons. The first kappa shape index (κ1) is 14.8. The van der Waals surface area contributed by atoms with Gasteiger partial charge in [-0.2, -0.15) is 0 Å². The van der Waals surface area contributed by atoms with Crippen molar-refractivity contribution in [3.8, 4) is 11.3 Å². The molecule has 1 aromatic carbocycles. The van der Waals surface area contributed by atoms with Gasteiger partial charge in [-0.1, -0.05) is 6.92 Å². The van der Waals surface area contributed by atoms with E-state index in [4.69, 9.17) is 9.15 Å². The van der Waals surface area contributed by atoms with E-state index in [2.05, 4.69) is 0 Å². The van der Waals surface area contributed by atoms with Gasteiger partial charge in [0, 0.05) is 18.7 Å². The molecule has 2 heterocycles. The summed E-state index contributed by atoms with van der Waals surface area (Å²) in [5.41, 5.74) is 0.744. The lowest BCUT2D eigenvalue weighted by Gasteiger charge is -2.31. The monoisotopic (exact) mass is 303 g/mol. The van der Waals surface area contributed by atoms with E-state index in [0.29, 0.717) is 31.2 Å². The maximum atomic E-state index is 12.9. The molecule has 0 spiro atoms. The molecule has 2 aromatic rings. The molecule has 5 heteroatoms. The summed E-state index contributed by atoms with van der Waals surface area (Å²) in [5, 5.41) is 0. The molecule has 0 bridgehead atoms. The molecule has 3 rings (SSSR count). The number of halogens is 1. The Balaban J connectivity index is 1.75. The number of carbonyl (C=O) groups excluding carboxylic acids is 1. The van der Waals surface area contributed by atoms with Gasteiger partial charge in [-0.3, -0.25) is 4.79 Å². The molecule has 22 heavy (non-hydrogen) atoms. The first-order valence-corrected chi connectivity index (χ1v) is 7.44. The number of benzene rings is 1. The summed E-state index contributed by atoms with van der Waals surface area (Å²) in [6.45, 7) is 3.75. The Bertz CT molecular complexity index is 650. The van der Waals surface area contributed by atoms with Crippen LogP contribution in [0.5, 0.6) is 0 Å². The van der Waals surface area contributed by atoms with Crippen molar-refractivity contribution in [2.24, 2.45) is 0 Å². The van der Waals surface area contributed by atoms with Crippen molar-refractivity contribution >= 4 is 5.91 Å². The third kappa shape index (κ3) is 3.04. The number of furan rings is 1. The minimum atomic E-state index is -0.300. The van der Waals surface area contributed by atoms with E-state index < -0.39 is 0 Å². The van der Waals surface area contributed by atoms with Gasteiger partial charge in [-0.05, 0) is 42.8 Å². The highest BCUT2D eigenvalue weighted by Gasteiger charge is 2.26. The second-order valence-corrected chi connectivity index (χ2v) is 5.32. The quantitative estimate of drug-likeness (QED) is 0.873. The zero-order valence-corrected chi connectivity index (χ0v) is 12.4. The third-order valence-electron chi connectivity index (χ3n) is 3.83. The van der Waals surface area contributed by atoms with E-state index in [1.165, 1.54) is 12.1 Å². The summed E-state index contributed by atoms with van der Waals surface area (Å²) >= 11 is 0. The fourth-order valence-electron chi connectivity index (χ4n) is 2.53. The number of ether oxygens (including phenoxy) is 1. The van der Waals surface area contributed by atoms with E-state index in [1.54, 1.807) is 29.2 Å². The molecule has 0 N–H and O–H groups in total. The lowest BCUT2D eigenvalue weighted by Crippen LogP contribution is -2.45. The average molecular weight is 303 g/mol. The standard InChI is InChI=1S/C17H18FNO3/c1-2-14-11-19(9-10-21-14)17(20)16-8-7-15(22-16)12-3-5-13(18)6-4-12/h3-8,14H,2,9-11H2,1H3/t14-/m0/s1. The molecular weight excluding hydrogens is 285 g/mol. The third-order valence-corrected chi connectivity index (χ3v) is 3.83. The molecule has 1 amide bonds. The summed E-state index contributed by atoms with van der Waals surface area (Å²) in [6.07, 6.45) is 0.965. The lowest BCUT2D eigenvalue weighted by molar-refractivity contribution is -0.0235. The van der Waals surface area contributed by atoms with E-state index in [-0.39, 0.29) is 17.8 Å². The molecule has 1 aromatic heterocycles. The van der Waals surface area contributed by atoms with Crippen LogP contribution in [0.1, 0.15) is 23.9 Å². The number of rotatable bonds is 3. The fourth-order valence-corrected chi connectivity index (χ4v) is 2.53. The van der Waals surface area contributed by atoms with Crippen molar-refractivity contribution in [3.05, 3.63) is 48.0 Å². The Morgan fingerprint density at radius 2 is 2.05 bits per heavy atom. The van der Waals surface area contributed by atoms with Gasteiger partial charge < -0.3 is 14.1 Å². The smallest absolute Gasteiger partial charge is 0.289 e. The topological polar surface area (TPSA) is 42.7 Å². The van der Waals surface area contributed by atoms with Crippen LogP contribution in [0.2, 0.25) is 0 Å². The summed E-state index contributed by atoms with van der Waals surface area (Å²) in [5.74, 6) is 0.431. The van der Waals surface area contributed by atoms with Crippen LogP contribution in [0.25, 0.3) is 11.3 Å². The van der Waals surface area contributed by atoms with Crippen LogP contribution in [-0.4, -0.2) is 36.6 Å². The van der Waals surface area contributed by atoms with Gasteiger partial charge in [0.15, 0.2) is 5.76 Å². The molecule has 1 saturated heterocycles. The van der Waals surface area contributed by atoms with Crippen LogP contribution in [0.4, 0.5) is 4.39 Å². The molecule has 1 aliphatic heterocycles. The zero-order chi connectivity index (χ0) is 15.5. The first-order chi connectivity index (χ1) is 10.7. The minimum absolute atomic E-state index is 0.0873. The summed E-state index contributed by atoms with van der Waals surface area (Å²) in [6, 6.07) is 9.39. The maximum Gasteiger partial charge on any atom is 0.289 e. The highest BCUT2D eigenvalue weighted by Crippen LogP contribution is 2.23. The minimum Gasteiger partial charge on any atom is -0.451 e. The molecule has 116 valence electrons. The highest BCUT2D eigenvalue weighted by atomic mass is 19.1. The Morgan fingerprint density at radius 1 is 1.27 bits per heavy atom. The first-order valence-electron chi connectivity index (χ1n) is 7.44. The Kier molecular flexibility index (Phi) is 4.24. The average Bonchev–Trinajstić information content (AvgIpc) is 3.05. The van der Waals surface area contributed by atoms with Gasteiger partial charge in [0.2, 0.25) is 0 Å². The highest BCUT2D eigenvalue weighted by molar-refractivity contribution is 5.92. The molecular formula is C17H18FNO3. The van der Waals surface area contributed by atoms with Gasteiger partial charge in [-0.25, -0.2) is 4.39 Å². The van der Waals surface area contributed by atoms with Gasteiger partial charge >= 0.3 is 0 Å². The van der Waals surface area contributed by atoms with E-state index in [1.807, 2.05) is 6.92 Å². The summed E-state index contributed by atoms with van der Waals surface area (Å²) < 4.78 is 24.2. The number of hydrogen-bond acceptors (Lipinski definition) is 3. The van der Waals surface area contributed by atoms with Crippen molar-refractivity contribution < 1.29 is 18.3 Å². The Labute approximate surface area is 128 Å². The van der Waals surface area contributed by atoms with Crippen LogP contribution < -0.4 is 0 Å². The van der Waals surface area contributed by atoms with Crippen molar-refractivity contribution in [1.82, 2.24) is 4.90 Å². The summed E-state index contributed by atoms with van der Waals surface area (Å²) in [4.78, 5) is 14.2. The van der Waals surface area contributed by atoms with Crippen molar-refractivity contribution in [3.63, 3.8) is 0 Å². The number of nitrogens with zero attached hydrogens (tertiary/aromatic N) is 1. The normalized spacial score (nSPS) is 18.5. The lowest BCUT2D eigenvalue weighted by atomic mass is 10.2. The van der Waals surface area contributed by atoms with Gasteiger partial charge in [-0.15, -0.1) is 0 Å². The molecule has 0 unspecified atom stereocenters. The predicted molar refractivity (Wildman–Crippen MR) is 80.0 cm³/mol. The molecule has 1 fully saturated rings. The molecule has 1 atom stereocenters. The van der Waals surface area contributed by atoms with Crippen LogP contribution >= 0.6 is 0 Å². The predicted octanol–water partition coefficient (Wildman–Crippen LogP) is 3.34. The van der Waals surface area contributed by atoms with Crippen LogP contribution in [-0.2, 0) is 4.74 Å². The molecule has 4 nitrogen and oxygen atoms in total. The molecule has 1 aliphatic rings. The molecule has 0 saturated carbocycles. The second-order valence-electron chi connectivity index (χ2n) is 5.32. The number of hydrogen-bond donors (Lipinski definition) is 0. The van der Waals surface area contributed by atoms with Gasteiger partial charge in [0.1, 0.15) is 11.6 Å². The Morgan fingerprint density at radius 3 is 2.77 bits per heavy atom. The van der Waals surface area contributed by atoms with Crippen LogP contribution in [0, 0.1) is 5.82 Å². The number of carbonyl (C=O) groups is 1. The van der Waals surface area contributed by atoms with Crippen LogP contribution in [0.15, 0.2) is 40.8 Å². The maximum absolute atomic E-state index is 12.9. The van der Waals surface area contributed by atoms with Crippen molar-refractivity contribution in [2.75, 3.05) is 19.7 Å². The number of morpholine rings is 1. The fraction of sp³-hybridized carbons (Fsp3) is 0.353. The second kappa shape index (κ2) is 6.32. The SMILES string of the molecule is CC[C@H]1CN(C(=O)c2ccc(-c3ccc(F)cc3)o2)CCO1. The largest absolute Gasteiger partial charge is 0.451 e. The Hall–Kier alpha value is -2.14. The number of amides is 1.